The minimum atomic E-state index is 0.334. The normalized spacial score (nSPS) is 11.1. The van der Waals surface area contributed by atoms with Crippen LogP contribution < -0.4 is 0 Å². The molecule has 0 aliphatic heterocycles. The van der Waals surface area contributed by atoms with Crippen molar-refractivity contribution in [3.63, 3.8) is 0 Å². The van der Waals surface area contributed by atoms with E-state index in [9.17, 15) is 5.11 Å². The molecule has 3 rings (SSSR count). The number of H-pyrrole nitrogens is 1. The van der Waals surface area contributed by atoms with E-state index in [0.29, 0.717) is 5.75 Å². The van der Waals surface area contributed by atoms with Gasteiger partial charge in [-0.05, 0) is 55.5 Å². The molecule has 0 fully saturated rings. The molecule has 0 saturated carbocycles. The molecule has 1 aromatic heterocycles. The second kappa shape index (κ2) is 5.41. The van der Waals surface area contributed by atoms with Gasteiger partial charge in [-0.2, -0.15) is 0 Å². The van der Waals surface area contributed by atoms with Crippen molar-refractivity contribution in [2.24, 2.45) is 0 Å². The number of aromatic nitrogens is 1. The highest BCUT2D eigenvalue weighted by atomic mass is 16.3. The summed E-state index contributed by atoms with van der Waals surface area (Å²) in [7, 11) is 0. The van der Waals surface area contributed by atoms with Crippen LogP contribution >= 0.6 is 0 Å². The molecule has 0 unspecified atom stereocenters. The average Bonchev–Trinajstić information content (AvgIpc) is 2.77. The average molecular weight is 265 g/mol. The lowest BCUT2D eigenvalue weighted by molar-refractivity contribution is 0.475. The molecule has 3 aromatic rings. The van der Waals surface area contributed by atoms with E-state index in [0.717, 1.165) is 19.3 Å². The summed E-state index contributed by atoms with van der Waals surface area (Å²) >= 11 is 0. The van der Waals surface area contributed by atoms with Crippen LogP contribution in [0, 0.1) is 6.92 Å². The van der Waals surface area contributed by atoms with Crippen molar-refractivity contribution in [2.45, 2.75) is 26.2 Å². The summed E-state index contributed by atoms with van der Waals surface area (Å²) in [5.41, 5.74) is 5.21. The molecule has 0 amide bonds. The number of benzene rings is 2. The third-order valence-corrected chi connectivity index (χ3v) is 3.86. The van der Waals surface area contributed by atoms with Gasteiger partial charge in [0, 0.05) is 16.6 Å². The molecule has 2 nitrogen and oxygen atoms in total. The van der Waals surface area contributed by atoms with E-state index in [1.807, 2.05) is 12.1 Å². The first-order chi connectivity index (χ1) is 9.74. The maximum Gasteiger partial charge on any atom is 0.115 e. The van der Waals surface area contributed by atoms with Gasteiger partial charge >= 0.3 is 0 Å². The van der Waals surface area contributed by atoms with E-state index in [4.69, 9.17) is 0 Å². The molecule has 0 spiro atoms. The highest BCUT2D eigenvalue weighted by Gasteiger charge is 2.07. The Morgan fingerprint density at radius 3 is 2.50 bits per heavy atom. The molecule has 0 radical (unpaired) electrons. The first-order valence-corrected chi connectivity index (χ1v) is 7.08. The van der Waals surface area contributed by atoms with Crippen molar-refractivity contribution in [3.8, 4) is 5.75 Å². The number of fused-ring (bicyclic) bond motifs is 1. The molecule has 2 N–H and O–H groups in total. The van der Waals surface area contributed by atoms with Crippen LogP contribution in [0.25, 0.3) is 10.9 Å². The minimum Gasteiger partial charge on any atom is -0.508 e. The fourth-order valence-electron chi connectivity index (χ4n) is 2.79. The summed E-state index contributed by atoms with van der Waals surface area (Å²) in [4.78, 5) is 3.45. The second-order valence-corrected chi connectivity index (χ2v) is 5.29. The SMILES string of the molecule is Cc1[nH]c2ccccc2c1CCCc1ccc(O)cc1. The zero-order valence-electron chi connectivity index (χ0n) is 11.7. The Balaban J connectivity index is 1.71. The van der Waals surface area contributed by atoms with Crippen LogP contribution in [-0.2, 0) is 12.8 Å². The maximum atomic E-state index is 9.28. The third-order valence-electron chi connectivity index (χ3n) is 3.86. The number of phenols is 1. The van der Waals surface area contributed by atoms with Crippen LogP contribution in [0.15, 0.2) is 48.5 Å². The van der Waals surface area contributed by atoms with E-state index in [2.05, 4.69) is 36.2 Å². The molecule has 20 heavy (non-hydrogen) atoms. The number of para-hydroxylation sites is 1. The first-order valence-electron chi connectivity index (χ1n) is 7.08. The zero-order chi connectivity index (χ0) is 13.9. The fraction of sp³-hybridized carbons (Fsp3) is 0.222. The smallest absolute Gasteiger partial charge is 0.115 e. The molecule has 102 valence electrons. The van der Waals surface area contributed by atoms with Crippen LogP contribution in [0.3, 0.4) is 0 Å². The van der Waals surface area contributed by atoms with E-state index in [1.165, 1.54) is 27.7 Å². The van der Waals surface area contributed by atoms with Crippen LogP contribution in [0.4, 0.5) is 0 Å². The molecular weight excluding hydrogens is 246 g/mol. The predicted molar refractivity (Wildman–Crippen MR) is 83.2 cm³/mol. The highest BCUT2D eigenvalue weighted by Crippen LogP contribution is 2.23. The number of hydrogen-bond acceptors (Lipinski definition) is 1. The fourth-order valence-corrected chi connectivity index (χ4v) is 2.79. The third kappa shape index (κ3) is 2.55. The highest BCUT2D eigenvalue weighted by molar-refractivity contribution is 5.84. The number of hydrogen-bond donors (Lipinski definition) is 2. The first kappa shape index (κ1) is 12.8. The lowest BCUT2D eigenvalue weighted by atomic mass is 10.0. The standard InChI is InChI=1S/C18H19NO/c1-13-16(17-6-2-3-8-18(17)19-13)7-4-5-14-9-11-15(20)12-10-14/h2-3,6,8-12,19-20H,4-5,7H2,1H3. The van der Waals surface area contributed by atoms with Crippen molar-refractivity contribution >= 4 is 10.9 Å². The number of phenolic OH excluding ortho intramolecular Hbond substituents is 1. The molecule has 0 saturated heterocycles. The Morgan fingerprint density at radius 2 is 1.70 bits per heavy atom. The van der Waals surface area contributed by atoms with Crippen LogP contribution in [0.2, 0.25) is 0 Å². The van der Waals surface area contributed by atoms with Gasteiger partial charge in [0.15, 0.2) is 0 Å². The molecule has 0 aliphatic carbocycles. The van der Waals surface area contributed by atoms with Crippen LogP contribution in [0.1, 0.15) is 23.2 Å². The van der Waals surface area contributed by atoms with Gasteiger partial charge in [-0.25, -0.2) is 0 Å². The molecule has 0 aliphatic rings. The number of aromatic amines is 1. The summed E-state index contributed by atoms with van der Waals surface area (Å²) in [5, 5.41) is 10.6. The molecule has 0 bridgehead atoms. The van der Waals surface area contributed by atoms with Gasteiger partial charge in [0.1, 0.15) is 5.75 Å². The van der Waals surface area contributed by atoms with Crippen LogP contribution in [-0.4, -0.2) is 10.1 Å². The van der Waals surface area contributed by atoms with Gasteiger partial charge in [-0.1, -0.05) is 30.3 Å². The molecule has 0 atom stereocenters. The zero-order valence-corrected chi connectivity index (χ0v) is 11.7. The lowest BCUT2D eigenvalue weighted by Gasteiger charge is -2.03. The Bertz CT molecular complexity index is 710. The molecule has 2 heteroatoms. The summed E-state index contributed by atoms with van der Waals surface area (Å²) in [5.74, 6) is 0.334. The lowest BCUT2D eigenvalue weighted by Crippen LogP contribution is -1.91. The number of nitrogens with one attached hydrogen (secondary N) is 1. The monoisotopic (exact) mass is 265 g/mol. The van der Waals surface area contributed by atoms with Crippen LogP contribution in [0.5, 0.6) is 5.75 Å². The van der Waals surface area contributed by atoms with Crippen molar-refractivity contribution in [2.75, 3.05) is 0 Å². The quantitative estimate of drug-likeness (QED) is 0.722. The summed E-state index contributed by atoms with van der Waals surface area (Å²) in [6.45, 7) is 2.15. The minimum absolute atomic E-state index is 0.334. The predicted octanol–water partition coefficient (Wildman–Crippen LogP) is 4.36. The molecular formula is C18H19NO. The second-order valence-electron chi connectivity index (χ2n) is 5.29. The summed E-state index contributed by atoms with van der Waals surface area (Å²) in [6, 6.07) is 16.0. The Labute approximate surface area is 119 Å². The topological polar surface area (TPSA) is 36.0 Å². The van der Waals surface area contributed by atoms with Crippen molar-refractivity contribution in [1.29, 1.82) is 0 Å². The van der Waals surface area contributed by atoms with Gasteiger partial charge < -0.3 is 10.1 Å². The van der Waals surface area contributed by atoms with Gasteiger partial charge in [0.25, 0.3) is 0 Å². The van der Waals surface area contributed by atoms with Gasteiger partial charge in [0.2, 0.25) is 0 Å². The van der Waals surface area contributed by atoms with E-state index < -0.39 is 0 Å². The largest absolute Gasteiger partial charge is 0.508 e. The molecule has 2 aromatic carbocycles. The Morgan fingerprint density at radius 1 is 0.950 bits per heavy atom. The Kier molecular flexibility index (Phi) is 3.46. The van der Waals surface area contributed by atoms with E-state index in [-0.39, 0.29) is 0 Å². The maximum absolute atomic E-state index is 9.28. The van der Waals surface area contributed by atoms with Crippen molar-refractivity contribution in [1.82, 2.24) is 4.98 Å². The number of aromatic hydroxyl groups is 1. The molecule has 1 heterocycles. The van der Waals surface area contributed by atoms with E-state index >= 15 is 0 Å². The van der Waals surface area contributed by atoms with Gasteiger partial charge in [0.05, 0.1) is 0 Å². The van der Waals surface area contributed by atoms with Crippen molar-refractivity contribution < 1.29 is 5.11 Å². The number of rotatable bonds is 4. The summed E-state index contributed by atoms with van der Waals surface area (Å²) < 4.78 is 0. The van der Waals surface area contributed by atoms with E-state index in [1.54, 1.807) is 12.1 Å². The summed E-state index contributed by atoms with van der Waals surface area (Å²) in [6.07, 6.45) is 3.24. The van der Waals surface area contributed by atoms with Gasteiger partial charge in [-0.3, -0.25) is 0 Å². The van der Waals surface area contributed by atoms with Crippen molar-refractivity contribution in [3.05, 3.63) is 65.4 Å². The number of aryl methyl sites for hydroxylation is 3. The Hall–Kier alpha value is -2.22. The van der Waals surface area contributed by atoms with Gasteiger partial charge in [-0.15, -0.1) is 0 Å².